The van der Waals surface area contributed by atoms with Crippen LogP contribution in [0.15, 0.2) is 48.5 Å². The van der Waals surface area contributed by atoms with Crippen molar-refractivity contribution >= 4 is 47.0 Å². The second kappa shape index (κ2) is 45.2. The molecule has 8 nitrogen and oxygen atoms in total. The molecule has 0 aliphatic carbocycles. The molecule has 0 N–H and O–H groups in total. The Morgan fingerprint density at radius 2 is 0.370 bits per heavy atom. The van der Waals surface area contributed by atoms with Gasteiger partial charge in [0.05, 0.1) is 0 Å². The fraction of sp³-hybridized carbons (Fsp3) is 0.721. The zero-order valence-corrected chi connectivity index (χ0v) is 79.2. The van der Waals surface area contributed by atoms with Crippen molar-refractivity contribution in [3.63, 3.8) is 0 Å². The quantitative estimate of drug-likeness (QED) is 0.0913. The standard InChI is InChI=1S/2C32H50O2S2.C6H14.4C4H9O.2Zr/c2*1-29(2,3)23-15-21(27(33)25(17-23)31(7,8)9)19-35-13-14-36-20-22-16-24(30(4,5)6)18-26(28(22)34)32(10,11)12;1-3-5-6-4-2;4*1-4(2,3)5;;/h2*15-18,33-34H,13-14,19-20H2,1-12H3;3-6H2,1-2H3;4*1-3H3;;/q;;;4*-1;2*+4/p-4. The summed E-state index contributed by atoms with van der Waals surface area (Å²) >= 11 is 7.26. The SMILES string of the molecule is CC(C)(C)[O-].CC(C)(C)[O-].CC(C)(C)[O-].CC(C)(C)[O-].CC(C)(C)c1cc(CSCCSCc2cc(C(C)(C)C)cc(C(C)(C)C)c2[O-])c([O-])c(C(C)(C)C)c1.CC(C)(C)c1cc(CSCCSCc2cc(C(C)(C)C)cc(C(C)(C)C)c2[O-])c([O-])c(C(C)(C)C)c1.CCCCCC.[Zr+4].[Zr+4]. The molecule has 0 saturated carbocycles. The first kappa shape index (κ1) is 108. The van der Waals surface area contributed by atoms with Crippen molar-refractivity contribution in [2.75, 3.05) is 23.0 Å². The van der Waals surface area contributed by atoms with Crippen molar-refractivity contribution < 1.29 is 93.3 Å². The van der Waals surface area contributed by atoms with Gasteiger partial charge in [0.1, 0.15) is 0 Å². The Balaban J connectivity index is -0.000000436. The molecule has 0 unspecified atom stereocenters. The maximum Gasteiger partial charge on any atom is 4.00 e. The molecule has 100 heavy (non-hydrogen) atoms. The van der Waals surface area contributed by atoms with Gasteiger partial charge in [-0.3, -0.25) is 0 Å². The first-order valence-electron chi connectivity index (χ1n) is 35.9. The first-order chi connectivity index (χ1) is 43.4. The number of unbranched alkanes of at least 4 members (excludes halogenated alkanes) is 3. The normalized spacial score (nSPS) is 12.5. The van der Waals surface area contributed by atoms with Gasteiger partial charge in [0.2, 0.25) is 0 Å². The van der Waals surface area contributed by atoms with Gasteiger partial charge in [-0.25, -0.2) is 0 Å². The van der Waals surface area contributed by atoms with Crippen LogP contribution in [0.5, 0.6) is 23.0 Å². The average molecular weight is 1620 g/mol. The molecule has 4 aromatic carbocycles. The molecule has 4 aromatic rings. The zero-order chi connectivity index (χ0) is 78.2. The van der Waals surface area contributed by atoms with E-state index in [0.717, 1.165) is 90.5 Å². The van der Waals surface area contributed by atoms with Crippen LogP contribution < -0.4 is 40.9 Å². The smallest absolute Gasteiger partial charge is 0.872 e. The van der Waals surface area contributed by atoms with E-state index in [9.17, 15) is 40.9 Å². The van der Waals surface area contributed by atoms with Crippen molar-refractivity contribution in [2.24, 2.45) is 0 Å². The van der Waals surface area contributed by atoms with E-state index in [4.69, 9.17) is 0 Å². The molecule has 14 heteroatoms. The van der Waals surface area contributed by atoms with Gasteiger partial charge in [-0.15, -0.1) is 45.4 Å². The summed E-state index contributed by atoms with van der Waals surface area (Å²) in [6, 6.07) is 16.9. The van der Waals surface area contributed by atoms with Gasteiger partial charge >= 0.3 is 52.4 Å². The van der Waals surface area contributed by atoms with E-state index in [2.05, 4.69) is 229 Å². The van der Waals surface area contributed by atoms with Crippen LogP contribution in [0.25, 0.3) is 0 Å². The summed E-state index contributed by atoms with van der Waals surface area (Å²) in [5.41, 5.74) is 8.58. The summed E-state index contributed by atoms with van der Waals surface area (Å²) in [6.07, 6.45) is 5.54. The van der Waals surface area contributed by atoms with Crippen molar-refractivity contribution in [3.05, 3.63) is 115 Å². The Morgan fingerprint density at radius 3 is 0.470 bits per heavy atom. The molecule has 0 spiro atoms. The summed E-state index contributed by atoms with van der Waals surface area (Å²) in [6.45, 7) is 75.9. The largest absolute Gasteiger partial charge is 4.00 e. The van der Waals surface area contributed by atoms with Crippen molar-refractivity contribution in [3.8, 4) is 23.0 Å². The maximum atomic E-state index is 13.2. The third-order valence-electron chi connectivity index (χ3n) is 14.1. The summed E-state index contributed by atoms with van der Waals surface area (Å²) in [5, 5.41) is 93.3. The summed E-state index contributed by atoms with van der Waals surface area (Å²) < 4.78 is 0. The minimum atomic E-state index is -0.750. The monoisotopic (exact) mass is 1610 g/mol. The molecule has 0 aliphatic heterocycles. The summed E-state index contributed by atoms with van der Waals surface area (Å²) in [4.78, 5) is 0. The maximum absolute atomic E-state index is 13.2. The van der Waals surface area contributed by atoms with Crippen LogP contribution in [0, 0.1) is 0 Å². The fourth-order valence-electron chi connectivity index (χ4n) is 8.61. The van der Waals surface area contributed by atoms with Crippen LogP contribution in [-0.4, -0.2) is 45.4 Å². The van der Waals surface area contributed by atoms with Crippen molar-refractivity contribution in [1.82, 2.24) is 0 Å². The van der Waals surface area contributed by atoms with E-state index in [1.54, 1.807) is 83.1 Å². The molecule has 0 aromatic heterocycles. The Labute approximate surface area is 673 Å². The molecule has 0 bridgehead atoms. The number of hydrogen-bond acceptors (Lipinski definition) is 12. The predicted octanol–water partition coefficient (Wildman–Crippen LogP) is 19.5. The molecular formula is C86H146O8S4Zr2. The third kappa shape index (κ3) is 51.4. The summed E-state index contributed by atoms with van der Waals surface area (Å²) in [7, 11) is 0. The minimum Gasteiger partial charge on any atom is -0.872 e. The molecule has 0 fully saturated rings. The van der Waals surface area contributed by atoms with E-state index in [1.807, 2.05) is 47.0 Å². The van der Waals surface area contributed by atoms with E-state index in [-0.39, 0.29) is 119 Å². The van der Waals surface area contributed by atoms with Gasteiger partial charge in [0, 0.05) is 46.0 Å². The number of thioether (sulfide) groups is 4. The molecule has 0 saturated heterocycles. The third-order valence-corrected chi connectivity index (χ3v) is 18.6. The van der Waals surface area contributed by atoms with Crippen LogP contribution in [0.1, 0.15) is 356 Å². The van der Waals surface area contributed by atoms with Crippen LogP contribution in [-0.2, 0) is 119 Å². The Kier molecular flexibility index (Phi) is 48.6. The van der Waals surface area contributed by atoms with Crippen LogP contribution in [0.3, 0.4) is 0 Å². The second-order valence-corrected chi connectivity index (χ2v) is 42.8. The zero-order valence-electron chi connectivity index (χ0n) is 71.0. The van der Waals surface area contributed by atoms with E-state index in [0.29, 0.717) is 0 Å². The Bertz CT molecular complexity index is 2510. The van der Waals surface area contributed by atoms with Gasteiger partial charge in [0.25, 0.3) is 0 Å². The molecule has 0 amide bonds. The Morgan fingerprint density at radius 1 is 0.240 bits per heavy atom. The van der Waals surface area contributed by atoms with Crippen molar-refractivity contribution in [1.29, 1.82) is 0 Å². The topological polar surface area (TPSA) is 184 Å². The van der Waals surface area contributed by atoms with Gasteiger partial charge < -0.3 is 40.9 Å². The molecular weight excluding hydrogens is 1470 g/mol. The van der Waals surface area contributed by atoms with Crippen LogP contribution in [0.2, 0.25) is 0 Å². The van der Waals surface area contributed by atoms with Gasteiger partial charge in [0.15, 0.2) is 0 Å². The fourth-order valence-corrected chi connectivity index (χ4v) is 12.8. The average Bonchev–Trinajstić information content (AvgIpc) is 0.813. The Hall–Kier alpha value is -0.914. The second-order valence-electron chi connectivity index (χ2n) is 38.4. The van der Waals surface area contributed by atoms with Crippen molar-refractivity contribution in [2.45, 2.75) is 378 Å². The number of benzene rings is 4. The minimum absolute atomic E-state index is 0. The van der Waals surface area contributed by atoms with Gasteiger partial charge in [-0.05, 0) is 110 Å². The number of hydrogen-bond donors (Lipinski definition) is 0. The van der Waals surface area contributed by atoms with Gasteiger partial charge in [-0.2, -0.15) is 47.0 Å². The first-order valence-corrected chi connectivity index (χ1v) is 40.5. The molecule has 4 rings (SSSR count). The molecule has 0 radical (unpaired) electrons. The summed E-state index contributed by atoms with van der Waals surface area (Å²) in [5.74, 6) is 7.50. The molecule has 0 heterocycles. The van der Waals surface area contributed by atoms with Crippen LogP contribution in [0.4, 0.5) is 0 Å². The van der Waals surface area contributed by atoms with E-state index < -0.39 is 22.4 Å². The van der Waals surface area contributed by atoms with E-state index in [1.165, 1.54) is 47.9 Å². The number of rotatable bonds is 17. The predicted molar refractivity (Wildman–Crippen MR) is 427 cm³/mol. The van der Waals surface area contributed by atoms with Crippen LogP contribution >= 0.6 is 47.0 Å². The van der Waals surface area contributed by atoms with E-state index >= 15 is 0 Å². The molecule has 0 atom stereocenters. The molecule has 0 aliphatic rings. The van der Waals surface area contributed by atoms with Gasteiger partial charge in [-0.1, -0.05) is 337 Å². The molecule has 570 valence electrons.